The predicted octanol–water partition coefficient (Wildman–Crippen LogP) is 2.37. The normalized spacial score (nSPS) is 10.3. The van der Waals surface area contributed by atoms with Gasteiger partial charge in [-0.25, -0.2) is 4.79 Å². The van der Waals surface area contributed by atoms with E-state index in [1.54, 1.807) is 32.2 Å². The minimum absolute atomic E-state index is 0.138. The first kappa shape index (κ1) is 12.9. The molecule has 0 aliphatic rings. The van der Waals surface area contributed by atoms with Gasteiger partial charge in [0.1, 0.15) is 17.3 Å². The van der Waals surface area contributed by atoms with E-state index in [1.807, 2.05) is 0 Å². The Bertz CT molecular complexity index is 617. The van der Waals surface area contributed by atoms with Crippen molar-refractivity contribution in [3.05, 3.63) is 29.7 Å². The first-order valence-electron chi connectivity index (χ1n) is 5.50. The molecular formula is C13H13NO5. The van der Waals surface area contributed by atoms with Crippen molar-refractivity contribution in [2.75, 3.05) is 14.2 Å². The molecule has 1 aromatic heterocycles. The smallest absolute Gasteiger partial charge is 0.358 e. The number of carboxylic acids is 1. The molecular weight excluding hydrogens is 250 g/mol. The second-order valence-corrected chi connectivity index (χ2v) is 3.83. The maximum absolute atomic E-state index is 11.1. The average molecular weight is 263 g/mol. The molecule has 0 saturated heterocycles. The molecule has 1 N–H and O–H groups in total. The summed E-state index contributed by atoms with van der Waals surface area (Å²) in [6.07, 6.45) is 0. The first-order chi connectivity index (χ1) is 9.08. The van der Waals surface area contributed by atoms with Gasteiger partial charge in [0.05, 0.1) is 19.8 Å². The summed E-state index contributed by atoms with van der Waals surface area (Å²) in [5.74, 6) is 0.380. The summed E-state index contributed by atoms with van der Waals surface area (Å²) in [6, 6.07) is 5.10. The number of nitrogens with zero attached hydrogens (tertiary/aromatic N) is 1. The molecule has 6 heteroatoms. The van der Waals surface area contributed by atoms with Crippen LogP contribution < -0.4 is 9.47 Å². The average Bonchev–Trinajstić information content (AvgIpc) is 2.80. The Morgan fingerprint density at radius 3 is 2.63 bits per heavy atom. The van der Waals surface area contributed by atoms with Crippen LogP contribution in [0.2, 0.25) is 0 Å². The summed E-state index contributed by atoms with van der Waals surface area (Å²) in [5.41, 5.74) is 0.868. The van der Waals surface area contributed by atoms with E-state index in [0.29, 0.717) is 28.4 Å². The van der Waals surface area contributed by atoms with Crippen LogP contribution in [0.3, 0.4) is 0 Å². The molecule has 0 amide bonds. The fourth-order valence-electron chi connectivity index (χ4n) is 1.84. The summed E-state index contributed by atoms with van der Waals surface area (Å²) in [4.78, 5) is 11.1. The van der Waals surface area contributed by atoms with Crippen LogP contribution in [0.4, 0.5) is 0 Å². The number of methoxy groups -OCH3 is 2. The topological polar surface area (TPSA) is 81.8 Å². The van der Waals surface area contributed by atoms with Gasteiger partial charge in [-0.05, 0) is 19.1 Å². The van der Waals surface area contributed by atoms with Crippen LogP contribution in [-0.2, 0) is 0 Å². The van der Waals surface area contributed by atoms with Crippen LogP contribution in [0.15, 0.2) is 22.7 Å². The Balaban J connectivity index is 2.65. The van der Waals surface area contributed by atoms with Gasteiger partial charge in [0.2, 0.25) is 0 Å². The zero-order chi connectivity index (χ0) is 14.0. The second kappa shape index (κ2) is 5.01. The highest BCUT2D eigenvalue weighted by atomic mass is 16.5. The van der Waals surface area contributed by atoms with Crippen LogP contribution in [-0.4, -0.2) is 30.5 Å². The summed E-state index contributed by atoms with van der Waals surface area (Å²) < 4.78 is 15.3. The van der Waals surface area contributed by atoms with E-state index in [0.717, 1.165) is 0 Å². The molecule has 1 aromatic carbocycles. The molecule has 0 bridgehead atoms. The highest BCUT2D eigenvalue weighted by Crippen LogP contribution is 2.36. The molecule has 0 saturated carbocycles. The van der Waals surface area contributed by atoms with Crippen LogP contribution in [0.25, 0.3) is 11.1 Å². The van der Waals surface area contributed by atoms with E-state index >= 15 is 0 Å². The van der Waals surface area contributed by atoms with Crippen LogP contribution in [0, 0.1) is 6.92 Å². The number of rotatable bonds is 4. The van der Waals surface area contributed by atoms with Gasteiger partial charge >= 0.3 is 5.97 Å². The third-order valence-corrected chi connectivity index (χ3v) is 2.74. The molecule has 19 heavy (non-hydrogen) atoms. The molecule has 0 unspecified atom stereocenters. The largest absolute Gasteiger partial charge is 0.497 e. The van der Waals surface area contributed by atoms with E-state index < -0.39 is 5.97 Å². The molecule has 0 aliphatic carbocycles. The molecule has 100 valence electrons. The van der Waals surface area contributed by atoms with Crippen molar-refractivity contribution >= 4 is 5.97 Å². The molecule has 0 fully saturated rings. The number of hydrogen-bond donors (Lipinski definition) is 1. The fraction of sp³-hybridized carbons (Fsp3) is 0.231. The van der Waals surface area contributed by atoms with Crippen molar-refractivity contribution < 1.29 is 23.9 Å². The monoisotopic (exact) mass is 263 g/mol. The van der Waals surface area contributed by atoms with E-state index in [2.05, 4.69) is 5.16 Å². The lowest BCUT2D eigenvalue weighted by atomic mass is 10.0. The maximum Gasteiger partial charge on any atom is 0.358 e. The Morgan fingerprint density at radius 1 is 1.32 bits per heavy atom. The molecule has 0 atom stereocenters. The lowest BCUT2D eigenvalue weighted by Gasteiger charge is -2.09. The number of aryl methyl sites for hydroxylation is 1. The maximum atomic E-state index is 11.1. The number of hydrogen-bond acceptors (Lipinski definition) is 5. The summed E-state index contributed by atoms with van der Waals surface area (Å²) >= 11 is 0. The zero-order valence-corrected chi connectivity index (χ0v) is 10.8. The number of carboxylic acid groups (broad SMARTS) is 1. The second-order valence-electron chi connectivity index (χ2n) is 3.83. The van der Waals surface area contributed by atoms with E-state index in [1.165, 1.54) is 7.11 Å². The molecule has 2 aromatic rings. The molecule has 0 aliphatic heterocycles. The van der Waals surface area contributed by atoms with Gasteiger partial charge in [-0.3, -0.25) is 0 Å². The highest BCUT2D eigenvalue weighted by Gasteiger charge is 2.23. The molecule has 0 spiro atoms. The number of benzene rings is 1. The third-order valence-electron chi connectivity index (χ3n) is 2.74. The number of ether oxygens (including phenoxy) is 2. The number of carbonyl (C=O) groups is 1. The van der Waals surface area contributed by atoms with Gasteiger partial charge in [0.25, 0.3) is 0 Å². The van der Waals surface area contributed by atoms with Crippen molar-refractivity contribution in [1.82, 2.24) is 5.16 Å². The van der Waals surface area contributed by atoms with Crippen molar-refractivity contribution in [3.8, 4) is 22.6 Å². The standard InChI is InChI=1S/C13H13NO5/c1-7-11(12(13(15)16)14-19-7)9-5-4-8(17-2)6-10(9)18-3/h4-6H,1-3H3,(H,15,16). The molecule has 0 radical (unpaired) electrons. The minimum Gasteiger partial charge on any atom is -0.497 e. The van der Waals surface area contributed by atoms with Gasteiger partial charge < -0.3 is 19.1 Å². The number of aromatic nitrogens is 1. The van der Waals surface area contributed by atoms with Crippen molar-refractivity contribution in [3.63, 3.8) is 0 Å². The Kier molecular flexibility index (Phi) is 3.41. The Labute approximate surface area is 109 Å². The summed E-state index contributed by atoms with van der Waals surface area (Å²) in [7, 11) is 3.04. The zero-order valence-electron chi connectivity index (χ0n) is 10.8. The SMILES string of the molecule is COc1ccc(-c2c(C(=O)O)noc2C)c(OC)c1. The van der Waals surface area contributed by atoms with E-state index in [9.17, 15) is 4.79 Å². The van der Waals surface area contributed by atoms with Crippen molar-refractivity contribution in [1.29, 1.82) is 0 Å². The van der Waals surface area contributed by atoms with Crippen molar-refractivity contribution in [2.45, 2.75) is 6.92 Å². The van der Waals surface area contributed by atoms with E-state index in [-0.39, 0.29) is 5.69 Å². The molecule has 6 nitrogen and oxygen atoms in total. The van der Waals surface area contributed by atoms with Gasteiger partial charge in [-0.1, -0.05) is 5.16 Å². The predicted molar refractivity (Wildman–Crippen MR) is 66.7 cm³/mol. The van der Waals surface area contributed by atoms with Crippen LogP contribution >= 0.6 is 0 Å². The highest BCUT2D eigenvalue weighted by molar-refractivity contribution is 5.95. The lowest BCUT2D eigenvalue weighted by molar-refractivity contribution is 0.0686. The Hall–Kier alpha value is -2.50. The van der Waals surface area contributed by atoms with Gasteiger partial charge in [0.15, 0.2) is 5.69 Å². The fourth-order valence-corrected chi connectivity index (χ4v) is 1.84. The van der Waals surface area contributed by atoms with Crippen LogP contribution in [0.1, 0.15) is 16.2 Å². The quantitative estimate of drug-likeness (QED) is 0.911. The van der Waals surface area contributed by atoms with Crippen molar-refractivity contribution in [2.24, 2.45) is 0 Å². The molecule has 2 rings (SSSR count). The van der Waals surface area contributed by atoms with Gasteiger partial charge in [-0.15, -0.1) is 0 Å². The minimum atomic E-state index is -1.15. The first-order valence-corrected chi connectivity index (χ1v) is 5.50. The van der Waals surface area contributed by atoms with Gasteiger partial charge in [-0.2, -0.15) is 0 Å². The Morgan fingerprint density at radius 2 is 2.05 bits per heavy atom. The molecule has 1 heterocycles. The van der Waals surface area contributed by atoms with Gasteiger partial charge in [0, 0.05) is 11.6 Å². The summed E-state index contributed by atoms with van der Waals surface area (Å²) in [5, 5.41) is 12.7. The lowest BCUT2D eigenvalue weighted by Crippen LogP contribution is -2.00. The van der Waals surface area contributed by atoms with E-state index in [4.69, 9.17) is 19.1 Å². The van der Waals surface area contributed by atoms with Crippen LogP contribution in [0.5, 0.6) is 11.5 Å². The summed E-state index contributed by atoms with van der Waals surface area (Å²) in [6.45, 7) is 1.65. The third kappa shape index (κ3) is 2.24. The number of aromatic carboxylic acids is 1.